The molecule has 0 radical (unpaired) electrons. The molecule has 0 bridgehead atoms. The minimum Gasteiger partial charge on any atom is -0.385 e. The van der Waals surface area contributed by atoms with E-state index in [1.807, 2.05) is 0 Å². The number of methoxy groups -OCH3 is 1. The van der Waals surface area contributed by atoms with E-state index in [-0.39, 0.29) is 0 Å². The van der Waals surface area contributed by atoms with Crippen molar-refractivity contribution in [2.75, 3.05) is 19.0 Å². The Labute approximate surface area is 86.3 Å². The van der Waals surface area contributed by atoms with Crippen molar-refractivity contribution in [3.8, 4) is 0 Å². The van der Waals surface area contributed by atoms with Gasteiger partial charge in [-0.05, 0) is 23.6 Å². The Balaban J connectivity index is 2.54. The summed E-state index contributed by atoms with van der Waals surface area (Å²) in [6, 6.07) is 8.34. The summed E-state index contributed by atoms with van der Waals surface area (Å²) >= 11 is 0. The second-order valence-electron chi connectivity index (χ2n) is 3.91. The van der Waals surface area contributed by atoms with Crippen LogP contribution < -0.4 is 5.32 Å². The SMILES string of the molecule is COCc1cccc(NCC(C)C)c1. The summed E-state index contributed by atoms with van der Waals surface area (Å²) in [7, 11) is 1.72. The maximum absolute atomic E-state index is 5.08. The molecule has 0 atom stereocenters. The number of ether oxygens (including phenoxy) is 1. The largest absolute Gasteiger partial charge is 0.385 e. The van der Waals surface area contributed by atoms with Crippen LogP contribution in [0.5, 0.6) is 0 Å². The maximum Gasteiger partial charge on any atom is 0.0713 e. The van der Waals surface area contributed by atoms with E-state index in [4.69, 9.17) is 4.74 Å². The van der Waals surface area contributed by atoms with Crippen molar-refractivity contribution in [1.82, 2.24) is 0 Å². The van der Waals surface area contributed by atoms with E-state index in [0.29, 0.717) is 12.5 Å². The zero-order valence-electron chi connectivity index (χ0n) is 9.21. The van der Waals surface area contributed by atoms with Gasteiger partial charge in [0, 0.05) is 19.3 Å². The zero-order valence-corrected chi connectivity index (χ0v) is 9.21. The highest BCUT2D eigenvalue weighted by Gasteiger charge is 1.96. The molecule has 14 heavy (non-hydrogen) atoms. The van der Waals surface area contributed by atoms with Crippen molar-refractivity contribution in [2.24, 2.45) is 5.92 Å². The fraction of sp³-hybridized carbons (Fsp3) is 0.500. The summed E-state index contributed by atoms with van der Waals surface area (Å²) in [6.07, 6.45) is 0. The Hall–Kier alpha value is -1.02. The molecule has 0 aromatic heterocycles. The molecule has 0 unspecified atom stereocenters. The number of rotatable bonds is 5. The van der Waals surface area contributed by atoms with Gasteiger partial charge in [0.2, 0.25) is 0 Å². The Morgan fingerprint density at radius 3 is 2.79 bits per heavy atom. The molecule has 2 nitrogen and oxygen atoms in total. The van der Waals surface area contributed by atoms with E-state index in [1.54, 1.807) is 7.11 Å². The van der Waals surface area contributed by atoms with Crippen LogP contribution >= 0.6 is 0 Å². The van der Waals surface area contributed by atoms with Gasteiger partial charge in [-0.2, -0.15) is 0 Å². The van der Waals surface area contributed by atoms with Crippen LogP contribution in [-0.4, -0.2) is 13.7 Å². The Bertz CT molecular complexity index is 271. The molecule has 0 aliphatic heterocycles. The monoisotopic (exact) mass is 193 g/mol. The van der Waals surface area contributed by atoms with Crippen LogP contribution in [0.25, 0.3) is 0 Å². The number of benzene rings is 1. The highest BCUT2D eigenvalue weighted by atomic mass is 16.5. The first kappa shape index (κ1) is 11.1. The second-order valence-corrected chi connectivity index (χ2v) is 3.91. The predicted octanol–water partition coefficient (Wildman–Crippen LogP) is 2.90. The van der Waals surface area contributed by atoms with Crippen LogP contribution in [0, 0.1) is 5.92 Å². The highest BCUT2D eigenvalue weighted by molar-refractivity contribution is 5.45. The third-order valence-corrected chi connectivity index (χ3v) is 1.95. The van der Waals surface area contributed by atoms with Crippen LogP contribution in [-0.2, 0) is 11.3 Å². The van der Waals surface area contributed by atoms with Crippen LogP contribution in [0.3, 0.4) is 0 Å². The van der Waals surface area contributed by atoms with Crippen molar-refractivity contribution < 1.29 is 4.74 Å². The average molecular weight is 193 g/mol. The van der Waals surface area contributed by atoms with E-state index in [9.17, 15) is 0 Å². The van der Waals surface area contributed by atoms with Crippen LogP contribution in [0.1, 0.15) is 19.4 Å². The zero-order chi connectivity index (χ0) is 10.4. The number of anilines is 1. The third kappa shape index (κ3) is 3.79. The molecule has 78 valence electrons. The predicted molar refractivity (Wildman–Crippen MR) is 60.5 cm³/mol. The molecule has 1 rings (SSSR count). The number of nitrogens with one attached hydrogen (secondary N) is 1. The Kier molecular flexibility index (Phi) is 4.47. The van der Waals surface area contributed by atoms with Gasteiger partial charge in [-0.15, -0.1) is 0 Å². The van der Waals surface area contributed by atoms with Crippen molar-refractivity contribution in [2.45, 2.75) is 20.5 Å². The fourth-order valence-corrected chi connectivity index (χ4v) is 1.26. The van der Waals surface area contributed by atoms with Gasteiger partial charge in [-0.25, -0.2) is 0 Å². The van der Waals surface area contributed by atoms with E-state index in [0.717, 1.165) is 6.54 Å². The molecular weight excluding hydrogens is 174 g/mol. The van der Waals surface area contributed by atoms with Gasteiger partial charge in [0.05, 0.1) is 6.61 Å². The molecule has 2 heteroatoms. The van der Waals surface area contributed by atoms with Gasteiger partial charge in [-0.1, -0.05) is 26.0 Å². The lowest BCUT2D eigenvalue weighted by Crippen LogP contribution is -2.07. The fourth-order valence-electron chi connectivity index (χ4n) is 1.26. The maximum atomic E-state index is 5.08. The smallest absolute Gasteiger partial charge is 0.0713 e. The topological polar surface area (TPSA) is 21.3 Å². The Morgan fingerprint density at radius 2 is 2.14 bits per heavy atom. The molecule has 0 spiro atoms. The van der Waals surface area contributed by atoms with Crippen molar-refractivity contribution >= 4 is 5.69 Å². The van der Waals surface area contributed by atoms with Crippen LogP contribution in [0.2, 0.25) is 0 Å². The van der Waals surface area contributed by atoms with E-state index in [2.05, 4.69) is 43.4 Å². The van der Waals surface area contributed by atoms with Crippen LogP contribution in [0.4, 0.5) is 5.69 Å². The first-order valence-electron chi connectivity index (χ1n) is 5.04. The molecule has 0 saturated heterocycles. The summed E-state index contributed by atoms with van der Waals surface area (Å²) in [5, 5.41) is 3.39. The molecular formula is C12H19NO. The summed E-state index contributed by atoms with van der Waals surface area (Å²) < 4.78 is 5.08. The molecule has 0 amide bonds. The molecule has 1 N–H and O–H groups in total. The van der Waals surface area contributed by atoms with Crippen molar-refractivity contribution in [3.63, 3.8) is 0 Å². The summed E-state index contributed by atoms with van der Waals surface area (Å²) in [5.41, 5.74) is 2.38. The first-order valence-corrected chi connectivity index (χ1v) is 5.04. The van der Waals surface area contributed by atoms with E-state index >= 15 is 0 Å². The quantitative estimate of drug-likeness (QED) is 0.776. The van der Waals surface area contributed by atoms with Gasteiger partial charge in [0.25, 0.3) is 0 Å². The average Bonchev–Trinajstić information content (AvgIpc) is 2.16. The summed E-state index contributed by atoms with van der Waals surface area (Å²) in [5.74, 6) is 0.668. The molecule has 1 aromatic carbocycles. The van der Waals surface area contributed by atoms with Gasteiger partial charge >= 0.3 is 0 Å². The van der Waals surface area contributed by atoms with Crippen LogP contribution in [0.15, 0.2) is 24.3 Å². The molecule has 1 aromatic rings. The molecule has 0 heterocycles. The van der Waals surface area contributed by atoms with Gasteiger partial charge in [-0.3, -0.25) is 0 Å². The van der Waals surface area contributed by atoms with E-state index in [1.165, 1.54) is 11.3 Å². The molecule has 0 aliphatic carbocycles. The van der Waals surface area contributed by atoms with Gasteiger partial charge in [0.15, 0.2) is 0 Å². The minimum atomic E-state index is 0.668. The molecule has 0 fully saturated rings. The third-order valence-electron chi connectivity index (χ3n) is 1.95. The van der Waals surface area contributed by atoms with E-state index < -0.39 is 0 Å². The highest BCUT2D eigenvalue weighted by Crippen LogP contribution is 2.11. The summed E-state index contributed by atoms with van der Waals surface area (Å²) in [4.78, 5) is 0. The van der Waals surface area contributed by atoms with Crippen molar-refractivity contribution in [1.29, 1.82) is 0 Å². The van der Waals surface area contributed by atoms with Crippen molar-refractivity contribution in [3.05, 3.63) is 29.8 Å². The minimum absolute atomic E-state index is 0.668. The van der Waals surface area contributed by atoms with Gasteiger partial charge in [0.1, 0.15) is 0 Å². The second kappa shape index (κ2) is 5.66. The number of hydrogen-bond acceptors (Lipinski definition) is 2. The number of hydrogen-bond donors (Lipinski definition) is 1. The normalized spacial score (nSPS) is 10.6. The molecule has 0 saturated carbocycles. The Morgan fingerprint density at radius 1 is 1.36 bits per heavy atom. The lowest BCUT2D eigenvalue weighted by molar-refractivity contribution is 0.185. The lowest BCUT2D eigenvalue weighted by atomic mass is 10.2. The van der Waals surface area contributed by atoms with Gasteiger partial charge < -0.3 is 10.1 Å². The first-order chi connectivity index (χ1) is 6.72. The standard InChI is InChI=1S/C12H19NO/c1-10(2)8-13-12-6-4-5-11(7-12)9-14-3/h4-7,10,13H,8-9H2,1-3H3. The summed E-state index contributed by atoms with van der Waals surface area (Å²) in [6.45, 7) is 6.09. The molecule has 0 aliphatic rings. The lowest BCUT2D eigenvalue weighted by Gasteiger charge is -2.09.